The number of carbonyl (C=O) groups is 1. The summed E-state index contributed by atoms with van der Waals surface area (Å²) in [7, 11) is 0. The van der Waals surface area contributed by atoms with Gasteiger partial charge >= 0.3 is 11.7 Å². The number of nitrogens with one attached hydrogen (secondary N) is 1. The number of hydrogen-bond acceptors (Lipinski definition) is 7. The highest BCUT2D eigenvalue weighted by Gasteiger charge is 2.30. The molecule has 1 fully saturated rings. The van der Waals surface area contributed by atoms with Gasteiger partial charge in [0, 0.05) is 18.1 Å². The predicted molar refractivity (Wildman–Crippen MR) is 166 cm³/mol. The molecule has 38 heavy (non-hydrogen) atoms. The predicted octanol–water partition coefficient (Wildman–Crippen LogP) is 5.81. The zero-order valence-corrected chi connectivity index (χ0v) is 26.2. The van der Waals surface area contributed by atoms with Crippen molar-refractivity contribution in [3.8, 4) is 5.75 Å². The molecule has 0 aliphatic carbocycles. The molecule has 1 aliphatic rings. The van der Waals surface area contributed by atoms with Crippen LogP contribution in [0.2, 0.25) is 0 Å². The first-order valence-corrected chi connectivity index (χ1v) is 14.6. The molecule has 9 nitrogen and oxygen atoms in total. The number of amides is 1. The molecule has 2 aromatic carbocycles. The zero-order chi connectivity index (χ0) is 27.8. The third-order valence-electron chi connectivity index (χ3n) is 6.70. The fourth-order valence-electron chi connectivity index (χ4n) is 5.00. The van der Waals surface area contributed by atoms with E-state index in [9.17, 15) is 19.8 Å². The number of aryl methyl sites for hydroxylation is 1. The summed E-state index contributed by atoms with van der Waals surface area (Å²) in [6.07, 6.45) is 1.88. The van der Waals surface area contributed by atoms with Gasteiger partial charge in [-0.2, -0.15) is 4.98 Å². The molecule has 3 aromatic rings. The molecule has 0 spiro atoms. The van der Waals surface area contributed by atoms with Gasteiger partial charge in [0.1, 0.15) is 5.75 Å². The highest BCUT2D eigenvalue weighted by Crippen LogP contribution is 2.32. The summed E-state index contributed by atoms with van der Waals surface area (Å²) in [6, 6.07) is 7.34. The third kappa shape index (κ3) is 6.36. The Bertz CT molecular complexity index is 1390. The minimum absolute atomic E-state index is 0.0823. The maximum Gasteiger partial charge on any atom is 0.412 e. The number of anilines is 2. The molecule has 204 valence electrons. The number of benzene rings is 2. The van der Waals surface area contributed by atoms with Gasteiger partial charge in [-0.3, -0.25) is 4.90 Å². The smallest absolute Gasteiger partial charge is 0.412 e. The van der Waals surface area contributed by atoms with Crippen molar-refractivity contribution in [2.45, 2.75) is 58.5 Å². The molecule has 11 heteroatoms. The molecule has 0 radical (unpaired) electrons. The molecule has 1 atom stereocenters. The Hall–Kier alpha value is -2.13. The summed E-state index contributed by atoms with van der Waals surface area (Å²) in [4.78, 5) is 33.4. The average molecular weight is 746 g/mol. The van der Waals surface area contributed by atoms with E-state index in [1.165, 1.54) is 4.90 Å². The Labute approximate surface area is 248 Å². The van der Waals surface area contributed by atoms with Crippen LogP contribution in [-0.2, 0) is 6.42 Å². The van der Waals surface area contributed by atoms with Gasteiger partial charge in [-0.1, -0.05) is 0 Å². The molecule has 2 heterocycles. The lowest BCUT2D eigenvalue weighted by Gasteiger charge is -2.34. The Kier molecular flexibility index (Phi) is 8.77. The number of aromatic hydroxyl groups is 1. The van der Waals surface area contributed by atoms with E-state index in [4.69, 9.17) is 4.42 Å². The van der Waals surface area contributed by atoms with Crippen molar-refractivity contribution in [1.29, 1.82) is 0 Å². The lowest BCUT2D eigenvalue weighted by molar-refractivity contribution is 0.195. The Morgan fingerprint density at radius 2 is 1.84 bits per heavy atom. The Morgan fingerprint density at radius 3 is 2.42 bits per heavy atom. The second-order valence-electron chi connectivity index (χ2n) is 10.7. The highest BCUT2D eigenvalue weighted by molar-refractivity contribution is 14.1. The van der Waals surface area contributed by atoms with Gasteiger partial charge in [0.25, 0.3) is 6.01 Å². The average Bonchev–Trinajstić information content (AvgIpc) is 3.31. The van der Waals surface area contributed by atoms with E-state index in [-0.39, 0.29) is 23.2 Å². The van der Waals surface area contributed by atoms with Gasteiger partial charge < -0.3 is 24.8 Å². The molecule has 0 bridgehead atoms. The minimum atomic E-state index is -1.10. The summed E-state index contributed by atoms with van der Waals surface area (Å²) in [6.45, 7) is 9.92. The van der Waals surface area contributed by atoms with Gasteiger partial charge in [-0.15, -0.1) is 0 Å². The molecule has 1 aliphatic heterocycles. The van der Waals surface area contributed by atoms with Crippen LogP contribution in [-0.4, -0.2) is 57.4 Å². The number of rotatable bonds is 7. The molecule has 0 saturated carbocycles. The number of phenols is 1. The normalized spacial score (nSPS) is 15.1. The molecular weight excluding hydrogens is 714 g/mol. The van der Waals surface area contributed by atoms with Crippen LogP contribution in [0.15, 0.2) is 33.5 Å². The van der Waals surface area contributed by atoms with Gasteiger partial charge in [-0.05, 0) is 141 Å². The number of aromatic nitrogens is 1. The van der Waals surface area contributed by atoms with Crippen molar-refractivity contribution < 1.29 is 19.4 Å². The zero-order valence-electron chi connectivity index (χ0n) is 21.8. The van der Waals surface area contributed by atoms with E-state index in [0.29, 0.717) is 23.2 Å². The summed E-state index contributed by atoms with van der Waals surface area (Å²) < 4.78 is 7.22. The molecule has 4 rings (SSSR count). The van der Waals surface area contributed by atoms with Crippen LogP contribution in [0.3, 0.4) is 0 Å². The number of halogens is 2. The van der Waals surface area contributed by atoms with Crippen molar-refractivity contribution in [2.75, 3.05) is 29.9 Å². The minimum Gasteiger partial charge on any atom is -0.506 e. The van der Waals surface area contributed by atoms with Crippen molar-refractivity contribution in [1.82, 2.24) is 9.88 Å². The van der Waals surface area contributed by atoms with Gasteiger partial charge in [0.15, 0.2) is 0 Å². The van der Waals surface area contributed by atoms with Crippen LogP contribution >= 0.6 is 45.2 Å². The van der Waals surface area contributed by atoms with Crippen LogP contribution in [0.5, 0.6) is 5.75 Å². The maximum atomic E-state index is 13.2. The van der Waals surface area contributed by atoms with Crippen LogP contribution in [0.1, 0.15) is 44.7 Å². The number of carboxylic acid groups (broad SMARTS) is 1. The second-order valence-corrected chi connectivity index (χ2v) is 13.0. The quantitative estimate of drug-likeness (QED) is 0.260. The Balaban J connectivity index is 1.68. The SMILES string of the molecule is Cc1c(N(C(=O)O)C(C)(C)C)ccc2nc(N[C@@H](Cc3cc(I)c(O)c(I)c3)CN3CCCC3)oc(=O)c12. The number of fused-ring (bicyclic) bond motifs is 1. The van der Waals surface area contributed by atoms with Crippen LogP contribution in [0.4, 0.5) is 16.5 Å². The van der Waals surface area contributed by atoms with Crippen LogP contribution in [0, 0.1) is 14.1 Å². The number of nitrogens with zero attached hydrogens (tertiary/aromatic N) is 3. The summed E-state index contributed by atoms with van der Waals surface area (Å²) in [5.74, 6) is 0.281. The maximum absolute atomic E-state index is 13.2. The van der Waals surface area contributed by atoms with E-state index in [1.54, 1.807) is 39.8 Å². The van der Waals surface area contributed by atoms with E-state index >= 15 is 0 Å². The highest BCUT2D eigenvalue weighted by atomic mass is 127. The topological polar surface area (TPSA) is 119 Å². The van der Waals surface area contributed by atoms with Crippen molar-refractivity contribution >= 4 is 73.9 Å². The lowest BCUT2D eigenvalue weighted by atomic mass is 10.0. The first kappa shape index (κ1) is 28.9. The van der Waals surface area contributed by atoms with Gasteiger partial charge in [0.2, 0.25) is 0 Å². The third-order valence-corrected chi connectivity index (χ3v) is 8.34. The Morgan fingerprint density at radius 1 is 1.21 bits per heavy atom. The number of hydrogen-bond donors (Lipinski definition) is 3. The summed E-state index contributed by atoms with van der Waals surface area (Å²) >= 11 is 4.26. The molecular formula is C27H32I2N4O5. The first-order valence-electron chi connectivity index (χ1n) is 12.5. The van der Waals surface area contributed by atoms with Crippen molar-refractivity contribution in [2.24, 2.45) is 0 Å². The molecule has 1 aromatic heterocycles. The lowest BCUT2D eigenvalue weighted by Crippen LogP contribution is -2.45. The standard InChI is InChI=1S/C27H32I2N4O5/c1-15-21(33(26(36)37)27(2,3)4)8-7-20-22(15)24(35)38-25(31-20)30-17(14-32-9-5-6-10-32)11-16-12-18(28)23(34)19(29)13-16/h7-8,12-13,17,34H,5-6,9-11,14H2,1-4H3,(H,30,31)(H,36,37)/t17-/m0/s1. The van der Waals surface area contributed by atoms with Gasteiger partial charge in [-0.25, -0.2) is 9.59 Å². The van der Waals surface area contributed by atoms with E-state index in [0.717, 1.165) is 45.2 Å². The second kappa shape index (κ2) is 11.5. The number of likely N-dealkylation sites (tertiary alicyclic amines) is 1. The summed E-state index contributed by atoms with van der Waals surface area (Å²) in [5.41, 5.74) is 1.17. The van der Waals surface area contributed by atoms with Crippen LogP contribution in [0.25, 0.3) is 10.9 Å². The first-order chi connectivity index (χ1) is 17.8. The monoisotopic (exact) mass is 746 g/mol. The fraction of sp³-hybridized carbons (Fsp3) is 0.444. The van der Waals surface area contributed by atoms with Crippen molar-refractivity contribution in [3.63, 3.8) is 0 Å². The largest absolute Gasteiger partial charge is 0.506 e. The van der Waals surface area contributed by atoms with E-state index in [1.807, 2.05) is 12.1 Å². The van der Waals surface area contributed by atoms with E-state index < -0.39 is 17.3 Å². The molecule has 1 saturated heterocycles. The van der Waals surface area contributed by atoms with Crippen molar-refractivity contribution in [3.05, 3.63) is 53.0 Å². The summed E-state index contributed by atoms with van der Waals surface area (Å²) in [5, 5.41) is 23.6. The van der Waals surface area contributed by atoms with Crippen LogP contribution < -0.4 is 15.8 Å². The molecule has 1 amide bonds. The molecule has 0 unspecified atom stereocenters. The van der Waals surface area contributed by atoms with E-state index in [2.05, 4.69) is 60.4 Å². The van der Waals surface area contributed by atoms with Gasteiger partial charge in [0.05, 0.1) is 23.7 Å². The fourth-order valence-corrected chi connectivity index (χ4v) is 6.89. The number of phenolic OH excluding ortho intramolecular Hbond substituents is 1. The molecule has 3 N–H and O–H groups in total.